The van der Waals surface area contributed by atoms with Crippen molar-refractivity contribution in [3.8, 4) is 11.5 Å². The van der Waals surface area contributed by atoms with Crippen molar-refractivity contribution in [2.75, 3.05) is 24.7 Å². The van der Waals surface area contributed by atoms with Crippen molar-refractivity contribution in [1.82, 2.24) is 10.0 Å². The molecule has 2 fully saturated rings. The van der Waals surface area contributed by atoms with Gasteiger partial charge in [0.2, 0.25) is 0 Å². The van der Waals surface area contributed by atoms with Crippen LogP contribution in [0.4, 0.5) is 5.69 Å². The molecule has 3 heterocycles. The number of hydrogen-bond acceptors (Lipinski definition) is 9. The molecule has 4 aliphatic rings. The van der Waals surface area contributed by atoms with Crippen molar-refractivity contribution in [2.45, 2.75) is 64.6 Å². The van der Waals surface area contributed by atoms with Crippen LogP contribution in [0.1, 0.15) is 62.8 Å². The fourth-order valence-corrected chi connectivity index (χ4v) is 7.20. The topological polar surface area (TPSA) is 116 Å². The number of ether oxygens (including phenoxy) is 2. The first kappa shape index (κ1) is 32.2. The van der Waals surface area contributed by atoms with Crippen molar-refractivity contribution < 1.29 is 23.9 Å². The van der Waals surface area contributed by atoms with Crippen LogP contribution < -0.4 is 14.4 Å². The second kappa shape index (κ2) is 13.7. The van der Waals surface area contributed by atoms with Gasteiger partial charge in [-0.25, -0.2) is 9.91 Å². The Labute approximate surface area is 285 Å². The number of anilines is 1. The third-order valence-electron chi connectivity index (χ3n) is 9.58. The molecule has 11 heteroatoms. The highest BCUT2D eigenvalue weighted by Gasteiger charge is 2.55. The number of amides is 3. The molecule has 0 N–H and O–H groups in total. The quantitative estimate of drug-likeness (QED) is 0.241. The molecule has 1 saturated carbocycles. The molecule has 3 aromatic rings. The molecule has 0 radical (unpaired) electrons. The normalized spacial score (nSPS) is 23.6. The molecule has 49 heavy (non-hydrogen) atoms. The van der Waals surface area contributed by atoms with Crippen molar-refractivity contribution in [3.63, 3.8) is 0 Å². The second-order valence-corrected chi connectivity index (χ2v) is 12.6. The second-order valence-electron chi connectivity index (χ2n) is 12.6. The molecule has 1 saturated heterocycles. The number of benzene rings is 3. The van der Waals surface area contributed by atoms with E-state index < -0.39 is 23.9 Å². The molecular formula is C38H40N6O5. The molecule has 11 nitrogen and oxygen atoms in total. The number of imide groups is 1. The molecule has 1 aliphatic carbocycles. The van der Waals surface area contributed by atoms with Crippen LogP contribution in [-0.4, -0.2) is 65.3 Å². The number of nitrogens with zero attached hydrogens (tertiary/aromatic N) is 6. The summed E-state index contributed by atoms with van der Waals surface area (Å²) in [5.41, 5.74) is 5.54. The van der Waals surface area contributed by atoms with E-state index in [1.54, 1.807) is 17.1 Å². The van der Waals surface area contributed by atoms with Crippen LogP contribution in [-0.2, 0) is 20.8 Å². The molecule has 4 unspecified atom stereocenters. The highest BCUT2D eigenvalue weighted by molar-refractivity contribution is 6.25. The zero-order chi connectivity index (χ0) is 34.1. The number of carbonyl (C=O) groups excluding carboxylic acids is 3. The number of rotatable bonds is 10. The van der Waals surface area contributed by atoms with E-state index in [0.717, 1.165) is 70.1 Å². The molecule has 0 bridgehead atoms. The first-order valence-electron chi connectivity index (χ1n) is 17.1. The Bertz CT molecular complexity index is 1820. The minimum absolute atomic E-state index is 0.0196. The minimum atomic E-state index is -0.996. The maximum atomic E-state index is 14.3. The zero-order valence-corrected chi connectivity index (χ0v) is 28.0. The predicted molar refractivity (Wildman–Crippen MR) is 185 cm³/mol. The lowest BCUT2D eigenvalue weighted by molar-refractivity contribution is -0.136. The summed E-state index contributed by atoms with van der Waals surface area (Å²) in [5.74, 6) is 0.340. The number of fused-ring (bicyclic) bond motifs is 2. The van der Waals surface area contributed by atoms with Crippen molar-refractivity contribution in [2.24, 2.45) is 21.4 Å². The van der Waals surface area contributed by atoms with E-state index >= 15 is 0 Å². The summed E-state index contributed by atoms with van der Waals surface area (Å²) < 4.78 is 11.3. The summed E-state index contributed by atoms with van der Waals surface area (Å²) in [4.78, 5) is 42.5. The Hall–Kier alpha value is -5.32. The van der Waals surface area contributed by atoms with Gasteiger partial charge in [0.25, 0.3) is 17.7 Å². The molecule has 3 amide bonds. The van der Waals surface area contributed by atoms with Crippen molar-refractivity contribution in [3.05, 3.63) is 95.1 Å². The summed E-state index contributed by atoms with van der Waals surface area (Å²) >= 11 is 0. The van der Waals surface area contributed by atoms with Crippen molar-refractivity contribution in [1.29, 1.82) is 0 Å². The average molecular weight is 661 g/mol. The van der Waals surface area contributed by atoms with E-state index in [-0.39, 0.29) is 24.4 Å². The van der Waals surface area contributed by atoms with Crippen LogP contribution in [0.5, 0.6) is 11.5 Å². The van der Waals surface area contributed by atoms with E-state index in [1.165, 1.54) is 5.01 Å². The molecule has 4 atom stereocenters. The lowest BCUT2D eigenvalue weighted by atomic mass is 9.77. The third-order valence-corrected chi connectivity index (χ3v) is 9.58. The third kappa shape index (κ3) is 6.09. The monoisotopic (exact) mass is 660 g/mol. The summed E-state index contributed by atoms with van der Waals surface area (Å²) in [6, 6.07) is 20.8. The Morgan fingerprint density at radius 2 is 1.53 bits per heavy atom. The Kier molecular flexibility index (Phi) is 8.99. The van der Waals surface area contributed by atoms with Crippen molar-refractivity contribution >= 4 is 35.2 Å². The maximum Gasteiger partial charge on any atom is 0.264 e. The summed E-state index contributed by atoms with van der Waals surface area (Å²) in [6.07, 6.45) is 5.66. The molecule has 3 aliphatic heterocycles. The van der Waals surface area contributed by atoms with Crippen LogP contribution in [0.2, 0.25) is 0 Å². The van der Waals surface area contributed by atoms with Gasteiger partial charge in [-0.2, -0.15) is 10.2 Å². The van der Waals surface area contributed by atoms with Crippen LogP contribution in [0.25, 0.3) is 6.08 Å². The minimum Gasteiger partial charge on any atom is -0.494 e. The van der Waals surface area contributed by atoms with Gasteiger partial charge in [0.15, 0.2) is 12.1 Å². The van der Waals surface area contributed by atoms with E-state index in [1.807, 2.05) is 81.4 Å². The van der Waals surface area contributed by atoms with Gasteiger partial charge in [-0.15, -0.1) is 0 Å². The Morgan fingerprint density at radius 1 is 0.857 bits per heavy atom. The smallest absolute Gasteiger partial charge is 0.264 e. The van der Waals surface area contributed by atoms with Crippen LogP contribution in [0.3, 0.4) is 0 Å². The number of allylic oxidation sites excluding steroid dienone is 1. The highest BCUT2D eigenvalue weighted by atomic mass is 16.5. The lowest BCUT2D eigenvalue weighted by Gasteiger charge is -2.30. The van der Waals surface area contributed by atoms with Gasteiger partial charge in [-0.3, -0.25) is 19.4 Å². The predicted octanol–water partition coefficient (Wildman–Crippen LogP) is 6.16. The number of hydrogen-bond donors (Lipinski definition) is 0. The number of carbonyl (C=O) groups is 3. The van der Waals surface area contributed by atoms with E-state index in [0.29, 0.717) is 18.9 Å². The van der Waals surface area contributed by atoms with Crippen LogP contribution in [0, 0.1) is 5.92 Å². The molecule has 3 aromatic carbocycles. The molecular weight excluding hydrogens is 620 g/mol. The van der Waals surface area contributed by atoms with Crippen LogP contribution >= 0.6 is 0 Å². The van der Waals surface area contributed by atoms with Gasteiger partial charge >= 0.3 is 0 Å². The Balaban J connectivity index is 1.17. The maximum absolute atomic E-state index is 14.3. The van der Waals surface area contributed by atoms with Gasteiger partial charge in [0.05, 0.1) is 30.7 Å². The van der Waals surface area contributed by atoms with Gasteiger partial charge in [0, 0.05) is 5.92 Å². The first-order valence-corrected chi connectivity index (χ1v) is 17.1. The summed E-state index contributed by atoms with van der Waals surface area (Å²) in [6.45, 7) is 6.85. The van der Waals surface area contributed by atoms with Gasteiger partial charge in [-0.1, -0.05) is 48.5 Å². The summed E-state index contributed by atoms with van der Waals surface area (Å²) in [7, 11) is 0. The van der Waals surface area contributed by atoms with E-state index in [9.17, 15) is 14.4 Å². The molecule has 252 valence electrons. The average Bonchev–Trinajstić information content (AvgIpc) is 3.79. The first-order chi connectivity index (χ1) is 23.9. The molecule has 0 spiro atoms. The highest BCUT2D eigenvalue weighted by Crippen LogP contribution is 2.45. The zero-order valence-electron chi connectivity index (χ0n) is 28.0. The fraction of sp³-hybridized carbons (Fsp3) is 0.368. The SMILES string of the molecule is CCOc1ccc(/C=C2\CCCC3C2=NN(C(=O)CN2N=NC4C(=O)N(c5ccc(CC)cc5)C(=O)C42)C3c2ccc(OCC)cc2)cc1. The van der Waals surface area contributed by atoms with Crippen LogP contribution in [0.15, 0.2) is 93.8 Å². The number of hydrazone groups is 1. The Morgan fingerprint density at radius 3 is 2.18 bits per heavy atom. The van der Waals surface area contributed by atoms with E-state index in [2.05, 4.69) is 16.4 Å². The largest absolute Gasteiger partial charge is 0.494 e. The lowest BCUT2D eigenvalue weighted by Crippen LogP contribution is -2.45. The van der Waals surface area contributed by atoms with Gasteiger partial charge in [0.1, 0.15) is 18.0 Å². The molecule has 0 aromatic heterocycles. The standard InChI is InChI=1S/C38H40N6O5/c1-4-24-10-16-28(17-11-24)43-37(46)34-36(38(43)47)42(41-39-34)23-32(45)44-35(26-14-20-30(21-15-26)49-6-3)31-9-7-8-27(33(31)40-44)22-25-12-18-29(19-13-25)48-5-2/h10-22,31,34-36H,4-9,23H2,1-3H3/b27-22+. The molecule has 7 rings (SSSR count). The fourth-order valence-electron chi connectivity index (χ4n) is 7.20. The van der Waals surface area contributed by atoms with Gasteiger partial charge < -0.3 is 9.47 Å². The summed E-state index contributed by atoms with van der Waals surface area (Å²) in [5, 5.41) is 16.2. The number of aryl methyl sites for hydroxylation is 1. The van der Waals surface area contributed by atoms with Gasteiger partial charge in [-0.05, 0) is 104 Å². The van der Waals surface area contributed by atoms with E-state index in [4.69, 9.17) is 14.6 Å².